The number of phenolic OH excluding ortho intramolecular Hbond substituents is 4. The number of carbonyl (C=O) groups excluding carboxylic acids is 1. The van der Waals surface area contributed by atoms with Gasteiger partial charge in [0.15, 0.2) is 69.9 Å². The maximum Gasteiger partial charge on any atom is 0.416 e. The molecule has 0 fully saturated rings. The summed E-state index contributed by atoms with van der Waals surface area (Å²) in [5.41, 5.74) is 7.82. The van der Waals surface area contributed by atoms with Gasteiger partial charge in [0.2, 0.25) is 0 Å². The molecule has 23 nitrogen and oxygen atoms in total. The van der Waals surface area contributed by atoms with E-state index >= 15 is 0 Å². The van der Waals surface area contributed by atoms with Crippen molar-refractivity contribution < 1.29 is 62.1 Å². The minimum Gasteiger partial charge on any atom is -0.507 e. The average Bonchev–Trinajstić information content (AvgIpc) is 0.805. The minimum absolute atomic E-state index is 0.00319. The number of phenols is 4. The summed E-state index contributed by atoms with van der Waals surface area (Å²) >= 11 is 6.00. The molecule has 4 N–H and O–H groups in total. The van der Waals surface area contributed by atoms with Crippen LogP contribution in [0.2, 0.25) is 5.02 Å². The van der Waals surface area contributed by atoms with Crippen LogP contribution in [0.15, 0.2) is 291 Å². The predicted octanol–water partition coefficient (Wildman–Crippen LogP) is 19.7. The summed E-state index contributed by atoms with van der Waals surface area (Å²) in [6.07, 6.45) is -4.44. The molecule has 16 rings (SSSR count). The number of carbonyl (C=O) groups is 1. The maximum atomic E-state index is 12.9. The molecular weight excluding hydrogens is 1540 g/mol. The molecule has 16 aromatic rings. The van der Waals surface area contributed by atoms with Crippen molar-refractivity contribution >= 4 is 17.6 Å². The van der Waals surface area contributed by atoms with E-state index in [0.29, 0.717) is 136 Å². The topological polar surface area (TPSA) is 323 Å². The van der Waals surface area contributed by atoms with Crippen molar-refractivity contribution in [1.82, 2.24) is 59.8 Å². The van der Waals surface area contributed by atoms with Crippen LogP contribution in [0.25, 0.3) is 137 Å². The van der Waals surface area contributed by atoms with E-state index < -0.39 is 17.7 Å². The zero-order valence-electron chi connectivity index (χ0n) is 63.8. The third-order valence-corrected chi connectivity index (χ3v) is 18.1. The van der Waals surface area contributed by atoms with E-state index in [1.807, 2.05) is 133 Å². The van der Waals surface area contributed by atoms with Crippen molar-refractivity contribution in [2.24, 2.45) is 0 Å². The number of ether oxygens (including phenoxy) is 5. The number of nitriles is 1. The first-order chi connectivity index (χ1) is 57.7. The van der Waals surface area contributed by atoms with Crippen LogP contribution in [-0.4, -0.2) is 122 Å². The lowest BCUT2D eigenvalue weighted by molar-refractivity contribution is -0.137. The van der Waals surface area contributed by atoms with Crippen LogP contribution in [0.4, 0.5) is 13.2 Å². The lowest BCUT2D eigenvalue weighted by atomic mass is 10.1. The Morgan fingerprint density at radius 3 is 0.765 bits per heavy atom. The Morgan fingerprint density at radius 2 is 0.538 bits per heavy atom. The average molecular weight is 1610 g/mol. The molecule has 0 aliphatic carbocycles. The van der Waals surface area contributed by atoms with Gasteiger partial charge in [-0.25, -0.2) is 64.6 Å². The van der Waals surface area contributed by atoms with Crippen molar-refractivity contribution in [3.05, 3.63) is 313 Å². The molecule has 588 valence electrons. The van der Waals surface area contributed by atoms with Gasteiger partial charge >= 0.3 is 12.1 Å². The first kappa shape index (κ1) is 81.1. The van der Waals surface area contributed by atoms with Crippen molar-refractivity contribution in [3.8, 4) is 189 Å². The van der Waals surface area contributed by atoms with Gasteiger partial charge in [-0.2, -0.15) is 18.4 Å². The highest BCUT2D eigenvalue weighted by molar-refractivity contribution is 6.30. The molecule has 0 bridgehead atoms. The van der Waals surface area contributed by atoms with Gasteiger partial charge in [-0.05, 0) is 121 Å². The molecule has 0 aliphatic rings. The Morgan fingerprint density at radius 1 is 0.311 bits per heavy atom. The van der Waals surface area contributed by atoms with Gasteiger partial charge in [0.1, 0.15) is 46.0 Å². The number of alkyl halides is 3. The molecule has 0 spiro atoms. The SMILES string of the molecule is COC(=O)c1ccc(-c2nc(-c3ccccc3)nc(-c3ccc(OC)cc3O)n2)cc1.COc1ccc(-c2nc(-c3ccccc3)nc(-c3ccc(C#N)cc3)n2)c(O)c1.COc1ccc(-c2nc(-c3ccccc3)nc(-c3ccc(C(F)(F)F)cc3)n2)c(O)c1.COc1ccc(-c2nc(-c3ccccc3)nc(-c3ccc(Cl)cc3)n2)c(O)c1. The van der Waals surface area contributed by atoms with Gasteiger partial charge in [0.05, 0.1) is 80.6 Å². The summed E-state index contributed by atoms with van der Waals surface area (Å²) in [5, 5.41) is 51.5. The summed E-state index contributed by atoms with van der Waals surface area (Å²) in [6, 6.07) is 85.1. The summed E-state index contributed by atoms with van der Waals surface area (Å²) in [6.45, 7) is 0. The molecule has 0 amide bonds. The summed E-state index contributed by atoms with van der Waals surface area (Å²) < 4.78 is 64.1. The van der Waals surface area contributed by atoms with Crippen LogP contribution in [0.3, 0.4) is 0 Å². The Bertz CT molecular complexity index is 6290. The minimum atomic E-state index is -4.44. The van der Waals surface area contributed by atoms with E-state index in [1.165, 1.54) is 64.8 Å². The molecule has 27 heteroatoms. The zero-order chi connectivity index (χ0) is 83.5. The molecule has 0 saturated heterocycles. The molecule has 0 atom stereocenters. The number of aromatic nitrogens is 12. The van der Waals surface area contributed by atoms with Gasteiger partial charge in [0, 0.05) is 73.8 Å². The Balaban J connectivity index is 0.000000137. The highest BCUT2D eigenvalue weighted by Crippen LogP contribution is 2.39. The fourth-order valence-electron chi connectivity index (χ4n) is 11.7. The number of hydrogen-bond acceptors (Lipinski definition) is 23. The normalized spacial score (nSPS) is 10.7. The fraction of sp³-hybridized carbons (Fsp3) is 0.0652. The highest BCUT2D eigenvalue weighted by atomic mass is 35.5. The second kappa shape index (κ2) is 37.4. The van der Waals surface area contributed by atoms with Gasteiger partial charge in [-0.1, -0.05) is 157 Å². The van der Waals surface area contributed by atoms with Crippen molar-refractivity contribution in [2.75, 3.05) is 35.5 Å². The van der Waals surface area contributed by atoms with Crippen LogP contribution in [0.1, 0.15) is 21.5 Å². The fourth-order valence-corrected chi connectivity index (χ4v) is 11.8. The number of aromatic hydroxyl groups is 4. The lowest BCUT2D eigenvalue weighted by Crippen LogP contribution is -2.05. The number of benzene rings is 12. The summed E-state index contributed by atoms with van der Waals surface area (Å²) in [4.78, 5) is 66.3. The molecular formula is C92H67ClF3N13O10. The van der Waals surface area contributed by atoms with Gasteiger partial charge in [-0.15, -0.1) is 0 Å². The largest absolute Gasteiger partial charge is 0.507 e. The van der Waals surface area contributed by atoms with Crippen LogP contribution in [0.5, 0.6) is 46.0 Å². The van der Waals surface area contributed by atoms with Crippen LogP contribution < -0.4 is 18.9 Å². The van der Waals surface area contributed by atoms with Gasteiger partial charge in [0.25, 0.3) is 0 Å². The Kier molecular flexibility index (Phi) is 25.5. The first-order valence-corrected chi connectivity index (χ1v) is 36.5. The Hall–Kier alpha value is -15.9. The van der Waals surface area contributed by atoms with Crippen LogP contribution >= 0.6 is 11.6 Å². The third-order valence-electron chi connectivity index (χ3n) is 17.9. The van der Waals surface area contributed by atoms with Crippen molar-refractivity contribution in [1.29, 1.82) is 5.26 Å². The van der Waals surface area contributed by atoms with E-state index in [9.17, 15) is 38.4 Å². The van der Waals surface area contributed by atoms with Crippen LogP contribution in [0, 0.1) is 11.3 Å². The summed E-state index contributed by atoms with van der Waals surface area (Å²) in [7, 11) is 7.42. The lowest BCUT2D eigenvalue weighted by Gasteiger charge is -2.11. The van der Waals surface area contributed by atoms with E-state index in [1.54, 1.807) is 116 Å². The molecule has 0 radical (unpaired) electrons. The number of rotatable bonds is 17. The van der Waals surface area contributed by atoms with E-state index in [4.69, 9.17) is 40.5 Å². The van der Waals surface area contributed by atoms with E-state index in [-0.39, 0.29) is 34.6 Å². The zero-order valence-corrected chi connectivity index (χ0v) is 64.5. The quantitative estimate of drug-likeness (QED) is 0.0615. The molecule has 0 saturated carbocycles. The molecule has 119 heavy (non-hydrogen) atoms. The number of nitrogens with zero attached hydrogens (tertiary/aromatic N) is 13. The predicted molar refractivity (Wildman–Crippen MR) is 443 cm³/mol. The first-order valence-electron chi connectivity index (χ1n) is 36.1. The second-order valence-electron chi connectivity index (χ2n) is 25.6. The molecule has 0 unspecified atom stereocenters. The smallest absolute Gasteiger partial charge is 0.416 e. The van der Waals surface area contributed by atoms with Crippen molar-refractivity contribution in [2.45, 2.75) is 6.18 Å². The maximum absolute atomic E-state index is 12.9. The second-order valence-corrected chi connectivity index (χ2v) is 26.0. The van der Waals surface area contributed by atoms with Crippen LogP contribution in [-0.2, 0) is 10.9 Å². The monoisotopic (exact) mass is 1610 g/mol. The Labute approximate surface area is 684 Å². The van der Waals surface area contributed by atoms with E-state index in [2.05, 4.69) is 65.9 Å². The standard InChI is InChI=1S/C24H19N3O4.C23H16F3N3O2.C23H16N4O2.C22H16ClN3O2/c1-30-18-12-13-19(20(28)14-18)23-26-21(15-6-4-3-5-7-15)25-22(27-23)16-8-10-17(11-9-16)24(29)31-2;1-31-17-11-12-18(19(30)13-17)22-28-20(14-5-3-2-4-6-14)27-21(29-22)15-7-9-16(10-8-15)23(24,25)26;1-29-18-11-12-19(20(28)13-18)23-26-21(16-5-3-2-4-6-16)25-22(27-23)17-9-7-15(14-24)8-10-17;1-28-17-11-12-18(19(27)13-17)22-25-20(14-5-3-2-4-6-14)24-21(26-22)15-7-9-16(23)10-8-15/h3-14,28H,1-2H3;2-13,30H,1H3;2-13,28H,1H3;2-13,27H,1H3. The molecule has 4 aromatic heterocycles. The number of esters is 1. The number of hydrogen-bond donors (Lipinski definition) is 4. The van der Waals surface area contributed by atoms with Crippen molar-refractivity contribution in [3.63, 3.8) is 0 Å². The number of halogens is 4. The van der Waals surface area contributed by atoms with E-state index in [0.717, 1.165) is 39.9 Å². The molecule has 4 heterocycles. The van der Waals surface area contributed by atoms with Gasteiger partial charge in [-0.3, -0.25) is 0 Å². The van der Waals surface area contributed by atoms with Gasteiger partial charge < -0.3 is 44.1 Å². The summed E-state index contributed by atoms with van der Waals surface area (Å²) in [5.74, 6) is 6.18. The molecule has 12 aromatic carbocycles. The third kappa shape index (κ3) is 20.0. The molecule has 0 aliphatic heterocycles. The number of methoxy groups -OCH3 is 5. The highest BCUT2D eigenvalue weighted by Gasteiger charge is 2.30.